The lowest BCUT2D eigenvalue weighted by atomic mass is 9.85. The molecule has 0 radical (unpaired) electrons. The lowest BCUT2D eigenvalue weighted by molar-refractivity contribution is -0.152. The second kappa shape index (κ2) is 13.0. The average molecular weight is 586 g/mol. The third kappa shape index (κ3) is 8.51. The van der Waals surface area contributed by atoms with Crippen molar-refractivity contribution in [3.05, 3.63) is 52.0 Å². The fourth-order valence-corrected chi connectivity index (χ4v) is 5.43. The van der Waals surface area contributed by atoms with Crippen LogP contribution in [0.2, 0.25) is 0 Å². The molecule has 0 bridgehead atoms. The summed E-state index contributed by atoms with van der Waals surface area (Å²) in [6.07, 6.45) is 1.43. The highest BCUT2D eigenvalue weighted by Crippen LogP contribution is 2.30. The van der Waals surface area contributed by atoms with Gasteiger partial charge in [-0.1, -0.05) is 26.8 Å². The highest BCUT2D eigenvalue weighted by atomic mass is 32.1. The molecule has 1 saturated heterocycles. The number of amides is 3. The summed E-state index contributed by atoms with van der Waals surface area (Å²) in [5.74, 6) is -0.478. The largest absolute Gasteiger partial charge is 0.472 e. The smallest absolute Gasteiger partial charge is 0.328 e. The number of hydrogen-bond acceptors (Lipinski definition) is 8. The number of esters is 1. The van der Waals surface area contributed by atoms with Crippen LogP contribution in [0.5, 0.6) is 0 Å². The molecule has 3 heterocycles. The molecule has 0 aliphatic carbocycles. The number of nitrogens with one attached hydrogen (secondary N) is 2. The number of carbonyl (C=O) groups excluding carboxylic acids is 3. The summed E-state index contributed by atoms with van der Waals surface area (Å²) in [5, 5.41) is 7.65. The first-order valence-corrected chi connectivity index (χ1v) is 14.7. The van der Waals surface area contributed by atoms with Gasteiger partial charge in [-0.25, -0.2) is 14.6 Å². The number of methoxy groups -OCH3 is 1. The minimum atomic E-state index is -0.896. The molecule has 3 amide bonds. The van der Waals surface area contributed by atoms with Gasteiger partial charge in [0.25, 0.3) is 0 Å². The molecule has 0 spiro atoms. The van der Waals surface area contributed by atoms with Crippen LogP contribution in [-0.4, -0.2) is 71.1 Å². The summed E-state index contributed by atoms with van der Waals surface area (Å²) >= 11 is 1.51. The highest BCUT2D eigenvalue weighted by Gasteiger charge is 2.46. The van der Waals surface area contributed by atoms with Crippen molar-refractivity contribution in [2.45, 2.75) is 91.6 Å². The summed E-state index contributed by atoms with van der Waals surface area (Å²) < 4.78 is 11.5. The van der Waals surface area contributed by atoms with E-state index in [1.54, 1.807) is 6.20 Å². The van der Waals surface area contributed by atoms with E-state index in [1.807, 2.05) is 85.0 Å². The van der Waals surface area contributed by atoms with Crippen molar-refractivity contribution in [2.75, 3.05) is 13.7 Å². The van der Waals surface area contributed by atoms with Crippen LogP contribution in [0, 0.1) is 12.3 Å². The van der Waals surface area contributed by atoms with E-state index in [0.717, 1.165) is 16.1 Å². The predicted octanol–water partition coefficient (Wildman–Crippen LogP) is 4.63. The van der Waals surface area contributed by atoms with Crippen LogP contribution < -0.4 is 10.6 Å². The van der Waals surface area contributed by atoms with Gasteiger partial charge in [0.1, 0.15) is 18.2 Å². The molecule has 2 unspecified atom stereocenters. The second-order valence-electron chi connectivity index (χ2n) is 12.5. The molecule has 4 atom stereocenters. The zero-order chi connectivity index (χ0) is 30.5. The monoisotopic (exact) mass is 585 g/mol. The van der Waals surface area contributed by atoms with Gasteiger partial charge in [0.05, 0.1) is 30.3 Å². The average Bonchev–Trinajstić information content (AvgIpc) is 3.51. The van der Waals surface area contributed by atoms with E-state index < -0.39 is 41.1 Å². The van der Waals surface area contributed by atoms with Gasteiger partial charge in [-0.3, -0.25) is 9.78 Å². The van der Waals surface area contributed by atoms with Gasteiger partial charge in [0.2, 0.25) is 11.8 Å². The van der Waals surface area contributed by atoms with Gasteiger partial charge < -0.3 is 25.0 Å². The van der Waals surface area contributed by atoms with Crippen LogP contribution in [0.1, 0.15) is 77.1 Å². The van der Waals surface area contributed by atoms with Crippen LogP contribution in [0.25, 0.3) is 0 Å². The molecule has 41 heavy (non-hydrogen) atoms. The summed E-state index contributed by atoms with van der Waals surface area (Å²) in [7, 11) is 1.30. The van der Waals surface area contributed by atoms with Gasteiger partial charge in [-0.2, -0.15) is 0 Å². The number of aromatic nitrogens is 1. The fourth-order valence-electron chi connectivity index (χ4n) is 4.57. The Morgan fingerprint density at radius 2 is 1.85 bits per heavy atom. The number of urea groups is 1. The Hall–Kier alpha value is -3.47. The normalized spacial score (nSPS) is 19.3. The molecule has 2 N–H and O–H groups in total. The fraction of sp³-hybridized carbons (Fsp3) is 0.567. The standard InChI is InChI=1S/C30H43N5O5S/c1-18-13-15-41-23(18)25(32-19(2)21-12-10-11-14-31-21)40-20-16-22(27(37)39-9)35(17-20)26(36)24(29(3,4)5)33-28(38)34-30(6,7)8/h10-15,19-20,22,24H,16-17H2,1-9H3,(H2,33,34,38)/b32-25+/t19?,20-,22?,24-/m1/s1. The Labute approximate surface area is 246 Å². The van der Waals surface area contributed by atoms with Crippen molar-refractivity contribution in [1.82, 2.24) is 20.5 Å². The van der Waals surface area contributed by atoms with Crippen LogP contribution in [0.4, 0.5) is 4.79 Å². The molecule has 2 aromatic heterocycles. The number of nitrogens with zero attached hydrogens (tertiary/aromatic N) is 3. The molecule has 10 nitrogen and oxygen atoms in total. The van der Waals surface area contributed by atoms with Crippen LogP contribution >= 0.6 is 11.3 Å². The van der Waals surface area contributed by atoms with Crippen molar-refractivity contribution in [3.8, 4) is 0 Å². The number of carbonyl (C=O) groups is 3. The molecule has 1 fully saturated rings. The number of aliphatic imine (C=N–C) groups is 1. The topological polar surface area (TPSA) is 122 Å². The number of thiophene rings is 1. The third-order valence-electron chi connectivity index (χ3n) is 6.66. The maximum atomic E-state index is 14.0. The number of likely N-dealkylation sites (tertiary alicyclic amines) is 1. The zero-order valence-electron chi connectivity index (χ0n) is 25.5. The maximum Gasteiger partial charge on any atom is 0.328 e. The van der Waals surface area contributed by atoms with E-state index >= 15 is 0 Å². The first-order valence-electron chi connectivity index (χ1n) is 13.8. The van der Waals surface area contributed by atoms with E-state index in [0.29, 0.717) is 5.90 Å². The van der Waals surface area contributed by atoms with Crippen molar-refractivity contribution in [1.29, 1.82) is 0 Å². The van der Waals surface area contributed by atoms with Gasteiger partial charge >= 0.3 is 12.0 Å². The lowest BCUT2D eigenvalue weighted by Gasteiger charge is -2.35. The summed E-state index contributed by atoms with van der Waals surface area (Å²) in [5.41, 5.74) is 0.689. The number of rotatable bonds is 7. The van der Waals surface area contributed by atoms with Crippen LogP contribution in [0.15, 0.2) is 40.8 Å². The molecular formula is C30H43N5O5S. The summed E-state index contributed by atoms with van der Waals surface area (Å²) in [6, 6.07) is 5.16. The predicted molar refractivity (Wildman–Crippen MR) is 160 cm³/mol. The third-order valence-corrected chi connectivity index (χ3v) is 7.66. The highest BCUT2D eigenvalue weighted by molar-refractivity contribution is 7.12. The van der Waals surface area contributed by atoms with E-state index in [2.05, 4.69) is 15.6 Å². The van der Waals surface area contributed by atoms with Crippen molar-refractivity contribution in [3.63, 3.8) is 0 Å². The molecule has 3 rings (SSSR count). The molecule has 0 aromatic carbocycles. The lowest BCUT2D eigenvalue weighted by Crippen LogP contribution is -2.60. The molecular weight excluding hydrogens is 542 g/mol. The summed E-state index contributed by atoms with van der Waals surface area (Å²) in [6.45, 7) is 15.3. The first kappa shape index (κ1) is 32.0. The number of aryl methyl sites for hydroxylation is 1. The Morgan fingerprint density at radius 1 is 1.15 bits per heavy atom. The van der Waals surface area contributed by atoms with Crippen LogP contribution in [-0.2, 0) is 19.1 Å². The quantitative estimate of drug-likeness (QED) is 0.278. The van der Waals surface area contributed by atoms with Crippen molar-refractivity contribution in [2.24, 2.45) is 10.4 Å². The van der Waals surface area contributed by atoms with Crippen LogP contribution in [0.3, 0.4) is 0 Å². The molecule has 2 aromatic rings. The Morgan fingerprint density at radius 3 is 2.39 bits per heavy atom. The van der Waals surface area contributed by atoms with Gasteiger partial charge in [0, 0.05) is 18.2 Å². The number of pyridine rings is 1. The Kier molecular flexibility index (Phi) is 10.2. The van der Waals surface area contributed by atoms with Crippen molar-refractivity contribution >= 4 is 35.1 Å². The zero-order valence-corrected chi connectivity index (χ0v) is 26.3. The molecule has 224 valence electrons. The second-order valence-corrected chi connectivity index (χ2v) is 13.4. The maximum absolute atomic E-state index is 14.0. The van der Waals surface area contributed by atoms with Gasteiger partial charge in [-0.05, 0) is 69.2 Å². The van der Waals surface area contributed by atoms with E-state index in [1.165, 1.54) is 23.3 Å². The van der Waals surface area contributed by atoms with E-state index in [4.69, 9.17) is 14.5 Å². The molecule has 11 heteroatoms. The molecule has 1 aliphatic rings. The van der Waals surface area contributed by atoms with E-state index in [9.17, 15) is 14.4 Å². The molecule has 1 aliphatic heterocycles. The Bertz CT molecular complexity index is 1250. The minimum Gasteiger partial charge on any atom is -0.472 e. The van der Waals surface area contributed by atoms with Gasteiger partial charge in [-0.15, -0.1) is 11.3 Å². The number of hydrogen-bond donors (Lipinski definition) is 2. The SMILES string of the molecule is COC(=O)C1C[C@@H](O/C(=N/C(C)c2ccccn2)c2sccc2C)CN1C(=O)[C@@H](NC(=O)NC(C)(C)C)C(C)(C)C. The number of ether oxygens (including phenoxy) is 2. The minimum absolute atomic E-state index is 0.134. The first-order chi connectivity index (χ1) is 19.1. The summed E-state index contributed by atoms with van der Waals surface area (Å²) in [4.78, 5) is 51.3. The van der Waals surface area contributed by atoms with Crippen molar-refractivity contribution < 1.29 is 23.9 Å². The van der Waals surface area contributed by atoms with Gasteiger partial charge in [0.15, 0.2) is 0 Å². The molecule has 0 saturated carbocycles. The van der Waals surface area contributed by atoms with E-state index in [-0.39, 0.29) is 24.9 Å². The Balaban J connectivity index is 1.90.